The molecule has 2 atom stereocenters. The van der Waals surface area contributed by atoms with Gasteiger partial charge in [0.05, 0.1) is 13.2 Å². The van der Waals surface area contributed by atoms with Crippen molar-refractivity contribution in [2.24, 2.45) is 17.8 Å². The van der Waals surface area contributed by atoms with Crippen LogP contribution in [0.4, 0.5) is 0 Å². The van der Waals surface area contributed by atoms with Gasteiger partial charge in [0.1, 0.15) is 0 Å². The average Bonchev–Trinajstić information content (AvgIpc) is 2.47. The first kappa shape index (κ1) is 19.5. The fraction of sp³-hybridized carbons (Fsp3) is 0.947. The number of ether oxygens (including phenoxy) is 1. The maximum atomic E-state index is 12.2. The lowest BCUT2D eigenvalue weighted by atomic mass is 9.92. The summed E-state index contributed by atoms with van der Waals surface area (Å²) in [5, 5.41) is 0. The summed E-state index contributed by atoms with van der Waals surface area (Å²) in [6.45, 7) is 12.2. The maximum absolute atomic E-state index is 12.2. The van der Waals surface area contributed by atoms with E-state index in [0.29, 0.717) is 31.5 Å². The standard InChI is InChI=1S/C19H37NO2/c1-16(2)7-5-8-17(3)9-6-10-18(4)15-19(21)20-11-13-22-14-12-20/h16-18H,5-15H2,1-4H3. The molecular formula is C19H37NO2. The minimum Gasteiger partial charge on any atom is -0.378 e. The molecule has 0 aromatic rings. The van der Waals surface area contributed by atoms with E-state index < -0.39 is 0 Å². The van der Waals surface area contributed by atoms with Gasteiger partial charge in [0.25, 0.3) is 0 Å². The fourth-order valence-corrected chi connectivity index (χ4v) is 3.18. The molecule has 1 rings (SSSR count). The van der Waals surface area contributed by atoms with Gasteiger partial charge in [-0.3, -0.25) is 4.79 Å². The van der Waals surface area contributed by atoms with Crippen LogP contribution in [0.1, 0.15) is 72.6 Å². The second-order valence-corrected chi connectivity index (χ2v) is 7.66. The van der Waals surface area contributed by atoms with Crippen molar-refractivity contribution in [3.8, 4) is 0 Å². The second kappa shape index (κ2) is 11.0. The Balaban J connectivity index is 2.07. The Labute approximate surface area is 137 Å². The van der Waals surface area contributed by atoms with Gasteiger partial charge in [-0.25, -0.2) is 0 Å². The van der Waals surface area contributed by atoms with E-state index in [1.165, 1.54) is 38.5 Å². The highest BCUT2D eigenvalue weighted by molar-refractivity contribution is 5.76. The first-order valence-corrected chi connectivity index (χ1v) is 9.34. The van der Waals surface area contributed by atoms with Crippen molar-refractivity contribution in [3.05, 3.63) is 0 Å². The van der Waals surface area contributed by atoms with Crippen LogP contribution in [0.2, 0.25) is 0 Å². The van der Waals surface area contributed by atoms with Crippen molar-refractivity contribution in [2.45, 2.75) is 72.6 Å². The summed E-state index contributed by atoms with van der Waals surface area (Å²) in [6, 6.07) is 0. The molecule has 0 saturated carbocycles. The van der Waals surface area contributed by atoms with Crippen LogP contribution in [-0.4, -0.2) is 37.1 Å². The molecule has 1 fully saturated rings. The van der Waals surface area contributed by atoms with Crippen LogP contribution in [0.3, 0.4) is 0 Å². The number of rotatable bonds is 10. The van der Waals surface area contributed by atoms with E-state index >= 15 is 0 Å². The van der Waals surface area contributed by atoms with Crippen molar-refractivity contribution in [1.82, 2.24) is 4.90 Å². The van der Waals surface area contributed by atoms with Crippen molar-refractivity contribution in [3.63, 3.8) is 0 Å². The number of carbonyl (C=O) groups is 1. The van der Waals surface area contributed by atoms with E-state index in [1.807, 2.05) is 4.90 Å². The number of hydrogen-bond acceptors (Lipinski definition) is 2. The highest BCUT2D eigenvalue weighted by Crippen LogP contribution is 2.20. The van der Waals surface area contributed by atoms with E-state index in [0.717, 1.165) is 24.9 Å². The minimum absolute atomic E-state index is 0.320. The molecular weight excluding hydrogens is 274 g/mol. The van der Waals surface area contributed by atoms with Crippen LogP contribution in [0.25, 0.3) is 0 Å². The van der Waals surface area contributed by atoms with Crippen molar-refractivity contribution < 1.29 is 9.53 Å². The van der Waals surface area contributed by atoms with E-state index in [1.54, 1.807) is 0 Å². The van der Waals surface area contributed by atoms with Gasteiger partial charge in [-0.2, -0.15) is 0 Å². The summed E-state index contributed by atoms with van der Waals surface area (Å²) < 4.78 is 5.30. The third-order valence-corrected chi connectivity index (χ3v) is 4.76. The van der Waals surface area contributed by atoms with Crippen LogP contribution >= 0.6 is 0 Å². The zero-order chi connectivity index (χ0) is 16.4. The molecule has 0 aromatic heterocycles. The number of nitrogens with zero attached hydrogens (tertiary/aromatic N) is 1. The molecule has 22 heavy (non-hydrogen) atoms. The molecule has 1 saturated heterocycles. The van der Waals surface area contributed by atoms with Crippen LogP contribution in [0.15, 0.2) is 0 Å². The number of carbonyl (C=O) groups excluding carboxylic acids is 1. The summed E-state index contributed by atoms with van der Waals surface area (Å²) in [6.07, 6.45) is 8.55. The molecule has 130 valence electrons. The Morgan fingerprint density at radius 1 is 0.909 bits per heavy atom. The van der Waals surface area contributed by atoms with Gasteiger partial charge >= 0.3 is 0 Å². The van der Waals surface area contributed by atoms with E-state index in [9.17, 15) is 4.79 Å². The molecule has 0 aliphatic carbocycles. The fourth-order valence-electron chi connectivity index (χ4n) is 3.18. The molecule has 2 unspecified atom stereocenters. The molecule has 1 heterocycles. The third kappa shape index (κ3) is 8.77. The average molecular weight is 312 g/mol. The van der Waals surface area contributed by atoms with Crippen LogP contribution in [0, 0.1) is 17.8 Å². The van der Waals surface area contributed by atoms with E-state index in [2.05, 4.69) is 27.7 Å². The predicted octanol–water partition coefficient (Wildman–Crippen LogP) is 4.50. The lowest BCUT2D eigenvalue weighted by molar-refractivity contribution is -0.136. The highest BCUT2D eigenvalue weighted by Gasteiger charge is 2.18. The van der Waals surface area contributed by atoms with Crippen LogP contribution in [0.5, 0.6) is 0 Å². The van der Waals surface area contributed by atoms with Gasteiger partial charge in [-0.15, -0.1) is 0 Å². The normalized spacial score (nSPS) is 18.5. The minimum atomic E-state index is 0.320. The molecule has 3 nitrogen and oxygen atoms in total. The lowest BCUT2D eigenvalue weighted by Crippen LogP contribution is -2.41. The van der Waals surface area contributed by atoms with Crippen molar-refractivity contribution in [2.75, 3.05) is 26.3 Å². The van der Waals surface area contributed by atoms with Crippen LogP contribution < -0.4 is 0 Å². The Morgan fingerprint density at radius 3 is 2.05 bits per heavy atom. The SMILES string of the molecule is CC(C)CCCC(C)CCCC(C)CC(=O)N1CCOCC1. The number of morpholine rings is 1. The van der Waals surface area contributed by atoms with Gasteiger partial charge in [0, 0.05) is 19.5 Å². The summed E-state index contributed by atoms with van der Waals surface area (Å²) in [5.74, 6) is 2.50. The van der Waals surface area contributed by atoms with Gasteiger partial charge < -0.3 is 9.64 Å². The molecule has 0 spiro atoms. The zero-order valence-corrected chi connectivity index (χ0v) is 15.3. The molecule has 0 N–H and O–H groups in total. The summed E-state index contributed by atoms with van der Waals surface area (Å²) in [5.41, 5.74) is 0. The van der Waals surface area contributed by atoms with Gasteiger partial charge in [0.15, 0.2) is 0 Å². The first-order chi connectivity index (χ1) is 10.5. The Hall–Kier alpha value is -0.570. The molecule has 1 aliphatic rings. The first-order valence-electron chi connectivity index (χ1n) is 9.34. The molecule has 3 heteroatoms. The van der Waals surface area contributed by atoms with Crippen molar-refractivity contribution in [1.29, 1.82) is 0 Å². The van der Waals surface area contributed by atoms with Crippen LogP contribution in [-0.2, 0) is 9.53 Å². The van der Waals surface area contributed by atoms with Gasteiger partial charge in [0.2, 0.25) is 5.91 Å². The molecule has 0 bridgehead atoms. The summed E-state index contributed by atoms with van der Waals surface area (Å²) in [7, 11) is 0. The number of hydrogen-bond donors (Lipinski definition) is 0. The molecule has 0 aromatic carbocycles. The molecule has 0 radical (unpaired) electrons. The Morgan fingerprint density at radius 2 is 1.45 bits per heavy atom. The van der Waals surface area contributed by atoms with E-state index in [4.69, 9.17) is 4.74 Å². The largest absolute Gasteiger partial charge is 0.378 e. The third-order valence-electron chi connectivity index (χ3n) is 4.76. The Bertz CT molecular complexity index is 298. The maximum Gasteiger partial charge on any atom is 0.222 e. The van der Waals surface area contributed by atoms with E-state index in [-0.39, 0.29) is 0 Å². The Kier molecular flexibility index (Phi) is 9.77. The summed E-state index contributed by atoms with van der Waals surface area (Å²) in [4.78, 5) is 14.1. The highest BCUT2D eigenvalue weighted by atomic mass is 16.5. The van der Waals surface area contributed by atoms with Gasteiger partial charge in [-0.05, 0) is 17.8 Å². The van der Waals surface area contributed by atoms with Gasteiger partial charge in [-0.1, -0.05) is 66.2 Å². The predicted molar refractivity (Wildman–Crippen MR) is 92.9 cm³/mol. The lowest BCUT2D eigenvalue weighted by Gasteiger charge is -2.28. The topological polar surface area (TPSA) is 29.5 Å². The monoisotopic (exact) mass is 311 g/mol. The molecule has 1 amide bonds. The summed E-state index contributed by atoms with van der Waals surface area (Å²) >= 11 is 0. The zero-order valence-electron chi connectivity index (χ0n) is 15.3. The number of amides is 1. The van der Waals surface area contributed by atoms with Crippen molar-refractivity contribution >= 4 is 5.91 Å². The quantitative estimate of drug-likeness (QED) is 0.594. The second-order valence-electron chi connectivity index (χ2n) is 7.66. The smallest absolute Gasteiger partial charge is 0.222 e. The molecule has 1 aliphatic heterocycles.